The summed E-state index contributed by atoms with van der Waals surface area (Å²) in [6.45, 7) is 4.25. The lowest BCUT2D eigenvalue weighted by Gasteiger charge is -2.22. The van der Waals surface area contributed by atoms with Crippen molar-refractivity contribution in [3.05, 3.63) is 47.8 Å². The quantitative estimate of drug-likeness (QED) is 0.654. The molecule has 0 atom stereocenters. The van der Waals surface area contributed by atoms with Crippen LogP contribution >= 0.6 is 0 Å². The Balaban J connectivity index is 2.07. The van der Waals surface area contributed by atoms with E-state index in [1.807, 2.05) is 43.0 Å². The number of rotatable bonds is 6. The zero-order valence-corrected chi connectivity index (χ0v) is 14.3. The first kappa shape index (κ1) is 16.9. The average molecular weight is 315 g/mol. The normalized spacial score (nSPS) is 11.4. The number of hydrogen-bond donors (Lipinski definition) is 1. The van der Waals surface area contributed by atoms with Crippen molar-refractivity contribution in [3.8, 4) is 5.75 Å². The highest BCUT2D eigenvalue weighted by Crippen LogP contribution is 2.14. The molecule has 23 heavy (non-hydrogen) atoms. The van der Waals surface area contributed by atoms with Crippen LogP contribution in [-0.4, -0.2) is 41.3 Å². The zero-order chi connectivity index (χ0) is 16.7. The Hall–Kier alpha value is -2.50. The molecule has 0 spiro atoms. The van der Waals surface area contributed by atoms with Crippen molar-refractivity contribution in [2.75, 3.05) is 20.7 Å². The van der Waals surface area contributed by atoms with Crippen molar-refractivity contribution in [1.82, 2.24) is 20.0 Å². The molecule has 1 aromatic heterocycles. The third-order valence-electron chi connectivity index (χ3n) is 3.56. The van der Waals surface area contributed by atoms with E-state index in [0.717, 1.165) is 30.5 Å². The van der Waals surface area contributed by atoms with Crippen molar-refractivity contribution in [2.45, 2.75) is 20.0 Å². The summed E-state index contributed by atoms with van der Waals surface area (Å²) in [7, 11) is 5.64. The summed E-state index contributed by atoms with van der Waals surface area (Å²) in [5.41, 5.74) is 2.26. The number of guanidine groups is 1. The van der Waals surface area contributed by atoms with Gasteiger partial charge in [-0.25, -0.2) is 4.99 Å². The van der Waals surface area contributed by atoms with Gasteiger partial charge in [0.25, 0.3) is 0 Å². The Morgan fingerprint density at radius 2 is 2.22 bits per heavy atom. The molecule has 0 saturated carbocycles. The molecule has 1 aromatic carbocycles. The average Bonchev–Trinajstić information content (AvgIpc) is 2.96. The predicted molar refractivity (Wildman–Crippen MR) is 92.5 cm³/mol. The van der Waals surface area contributed by atoms with E-state index < -0.39 is 0 Å². The lowest BCUT2D eigenvalue weighted by molar-refractivity contribution is 0.412. The summed E-state index contributed by atoms with van der Waals surface area (Å²) in [4.78, 5) is 6.80. The molecule has 6 nitrogen and oxygen atoms in total. The number of ether oxygens (including phenoxy) is 1. The van der Waals surface area contributed by atoms with Crippen LogP contribution in [-0.2, 0) is 20.1 Å². The number of aliphatic imine (C=N–C) groups is 1. The molecule has 0 aliphatic heterocycles. The van der Waals surface area contributed by atoms with Crippen LogP contribution in [0.4, 0.5) is 0 Å². The van der Waals surface area contributed by atoms with Crippen molar-refractivity contribution in [2.24, 2.45) is 12.0 Å². The minimum atomic E-state index is 0.598. The Kier molecular flexibility index (Phi) is 6.02. The summed E-state index contributed by atoms with van der Waals surface area (Å²) >= 11 is 0. The maximum atomic E-state index is 5.28. The summed E-state index contributed by atoms with van der Waals surface area (Å²) in [5, 5.41) is 7.50. The molecule has 0 radical (unpaired) electrons. The van der Waals surface area contributed by atoms with Gasteiger partial charge in [0.05, 0.1) is 19.3 Å². The van der Waals surface area contributed by atoms with Gasteiger partial charge in [-0.15, -0.1) is 0 Å². The van der Waals surface area contributed by atoms with Gasteiger partial charge in [0, 0.05) is 33.4 Å². The van der Waals surface area contributed by atoms with Crippen LogP contribution in [0.2, 0.25) is 0 Å². The van der Waals surface area contributed by atoms with Gasteiger partial charge in [-0.1, -0.05) is 12.1 Å². The van der Waals surface area contributed by atoms with Gasteiger partial charge >= 0.3 is 0 Å². The highest BCUT2D eigenvalue weighted by Gasteiger charge is 2.08. The van der Waals surface area contributed by atoms with Crippen molar-refractivity contribution < 1.29 is 4.74 Å². The lowest BCUT2D eigenvalue weighted by Crippen LogP contribution is -2.38. The second-order valence-corrected chi connectivity index (χ2v) is 5.32. The fourth-order valence-corrected chi connectivity index (χ4v) is 2.30. The standard InChI is InChI=1S/C17H25N5O/c1-5-18-17(19-12-15-9-10-20-22(15)3)21(2)13-14-7-6-8-16(11-14)23-4/h6-11H,5,12-13H2,1-4H3,(H,18,19). The van der Waals surface area contributed by atoms with Gasteiger partial charge in [0.2, 0.25) is 0 Å². The molecular formula is C17H25N5O. The summed E-state index contributed by atoms with van der Waals surface area (Å²) in [5.74, 6) is 1.74. The van der Waals surface area contributed by atoms with E-state index in [-0.39, 0.29) is 0 Å². The van der Waals surface area contributed by atoms with Crippen LogP contribution in [0.3, 0.4) is 0 Å². The van der Waals surface area contributed by atoms with Crippen LogP contribution in [0.15, 0.2) is 41.5 Å². The zero-order valence-electron chi connectivity index (χ0n) is 14.3. The number of aromatic nitrogens is 2. The minimum absolute atomic E-state index is 0.598. The van der Waals surface area contributed by atoms with Gasteiger partial charge in [0.1, 0.15) is 5.75 Å². The Labute approximate surface area is 137 Å². The van der Waals surface area contributed by atoms with E-state index in [1.54, 1.807) is 13.3 Å². The van der Waals surface area contributed by atoms with Crippen LogP contribution in [0.5, 0.6) is 5.75 Å². The van der Waals surface area contributed by atoms with Crippen LogP contribution in [0.25, 0.3) is 0 Å². The molecule has 2 aromatic rings. The largest absolute Gasteiger partial charge is 0.497 e. The number of aryl methyl sites for hydroxylation is 1. The van der Waals surface area contributed by atoms with Crippen LogP contribution in [0, 0.1) is 0 Å². The summed E-state index contributed by atoms with van der Waals surface area (Å²) in [6, 6.07) is 10.1. The maximum Gasteiger partial charge on any atom is 0.194 e. The fourth-order valence-electron chi connectivity index (χ4n) is 2.30. The Bertz CT molecular complexity index is 650. The second-order valence-electron chi connectivity index (χ2n) is 5.32. The van der Waals surface area contributed by atoms with Gasteiger partial charge < -0.3 is 15.0 Å². The SMILES string of the molecule is CCNC(=NCc1ccnn1C)N(C)Cc1cccc(OC)c1. The topological polar surface area (TPSA) is 54.7 Å². The number of hydrogen-bond acceptors (Lipinski definition) is 3. The highest BCUT2D eigenvalue weighted by atomic mass is 16.5. The molecule has 0 bridgehead atoms. The van der Waals surface area contributed by atoms with E-state index >= 15 is 0 Å². The predicted octanol–water partition coefficient (Wildman–Crippen LogP) is 2.03. The Morgan fingerprint density at radius 3 is 2.87 bits per heavy atom. The maximum absolute atomic E-state index is 5.28. The first-order valence-corrected chi connectivity index (χ1v) is 7.73. The molecule has 0 fully saturated rings. The van der Waals surface area contributed by atoms with E-state index in [9.17, 15) is 0 Å². The minimum Gasteiger partial charge on any atom is -0.497 e. The van der Waals surface area contributed by atoms with E-state index in [4.69, 9.17) is 9.73 Å². The van der Waals surface area contributed by atoms with Crippen molar-refractivity contribution in [1.29, 1.82) is 0 Å². The first-order chi connectivity index (χ1) is 11.1. The lowest BCUT2D eigenvalue weighted by atomic mass is 10.2. The van der Waals surface area contributed by atoms with E-state index in [1.165, 1.54) is 5.56 Å². The molecule has 1 N–H and O–H groups in total. The molecule has 1 heterocycles. The third kappa shape index (κ3) is 4.74. The molecule has 2 rings (SSSR count). The molecule has 0 aliphatic carbocycles. The third-order valence-corrected chi connectivity index (χ3v) is 3.56. The summed E-state index contributed by atoms with van der Waals surface area (Å²) in [6.07, 6.45) is 1.79. The number of nitrogens with one attached hydrogen (secondary N) is 1. The van der Waals surface area contributed by atoms with Gasteiger partial charge in [-0.2, -0.15) is 5.10 Å². The van der Waals surface area contributed by atoms with Crippen LogP contribution in [0.1, 0.15) is 18.2 Å². The van der Waals surface area contributed by atoms with E-state index in [2.05, 4.69) is 28.3 Å². The molecule has 0 aliphatic rings. The number of methoxy groups -OCH3 is 1. The number of benzene rings is 1. The van der Waals surface area contributed by atoms with Gasteiger partial charge in [-0.05, 0) is 30.7 Å². The van der Waals surface area contributed by atoms with E-state index in [0.29, 0.717) is 6.54 Å². The fraction of sp³-hybridized carbons (Fsp3) is 0.412. The van der Waals surface area contributed by atoms with Gasteiger partial charge in [0.15, 0.2) is 5.96 Å². The second kappa shape index (κ2) is 8.22. The van der Waals surface area contributed by atoms with Crippen molar-refractivity contribution >= 4 is 5.96 Å². The van der Waals surface area contributed by atoms with Gasteiger partial charge in [-0.3, -0.25) is 4.68 Å². The summed E-state index contributed by atoms with van der Waals surface area (Å²) < 4.78 is 7.12. The number of nitrogens with zero attached hydrogens (tertiary/aromatic N) is 4. The first-order valence-electron chi connectivity index (χ1n) is 7.73. The molecule has 0 saturated heterocycles. The Morgan fingerprint density at radius 1 is 1.39 bits per heavy atom. The smallest absolute Gasteiger partial charge is 0.194 e. The van der Waals surface area contributed by atoms with Crippen LogP contribution < -0.4 is 10.1 Å². The molecule has 124 valence electrons. The molecular weight excluding hydrogens is 290 g/mol. The molecule has 0 amide bonds. The highest BCUT2D eigenvalue weighted by molar-refractivity contribution is 5.79. The molecule has 0 unspecified atom stereocenters. The monoisotopic (exact) mass is 315 g/mol. The molecule has 6 heteroatoms. The van der Waals surface area contributed by atoms with Crippen molar-refractivity contribution in [3.63, 3.8) is 0 Å².